The van der Waals surface area contributed by atoms with Gasteiger partial charge in [-0.05, 0) is 35.5 Å². The molecule has 0 amide bonds. The van der Waals surface area contributed by atoms with Gasteiger partial charge in [0.25, 0.3) is 0 Å². The maximum atomic E-state index is 5.97. The van der Waals surface area contributed by atoms with Crippen LogP contribution in [-0.4, -0.2) is 19.3 Å². The molecule has 2 aromatic carbocycles. The second-order valence-electron chi connectivity index (χ2n) is 6.45. The Morgan fingerprint density at radius 3 is 2.50 bits per heavy atom. The first-order chi connectivity index (χ1) is 11.8. The summed E-state index contributed by atoms with van der Waals surface area (Å²) in [6.45, 7) is 4.51. The molecule has 0 fully saturated rings. The molecule has 126 valence electrons. The summed E-state index contributed by atoms with van der Waals surface area (Å²) in [5.74, 6) is 0.458. The van der Waals surface area contributed by atoms with Crippen LogP contribution in [0.1, 0.15) is 30.9 Å². The topological polar surface area (TPSA) is 18.5 Å². The molecule has 2 atom stereocenters. The van der Waals surface area contributed by atoms with Crippen LogP contribution in [0.3, 0.4) is 0 Å². The Morgan fingerprint density at radius 2 is 1.75 bits per heavy atom. The lowest BCUT2D eigenvalue weighted by molar-refractivity contribution is 0.0287. The predicted octanol–water partition coefficient (Wildman–Crippen LogP) is 5.10. The molecular weight excluding hydrogens is 296 g/mol. The third kappa shape index (κ3) is 4.80. The summed E-state index contributed by atoms with van der Waals surface area (Å²) < 4.78 is 11.8. The van der Waals surface area contributed by atoms with E-state index in [1.807, 2.05) is 18.2 Å². The summed E-state index contributed by atoms with van der Waals surface area (Å²) in [4.78, 5) is 0. The van der Waals surface area contributed by atoms with E-state index in [9.17, 15) is 0 Å². The highest BCUT2D eigenvalue weighted by Crippen LogP contribution is 2.27. The number of rotatable bonds is 7. The lowest BCUT2D eigenvalue weighted by atomic mass is 9.93. The molecule has 0 bridgehead atoms. The zero-order valence-corrected chi connectivity index (χ0v) is 14.4. The van der Waals surface area contributed by atoms with Crippen LogP contribution < -0.4 is 0 Å². The molecule has 1 heterocycles. The minimum atomic E-state index is 0.189. The molecule has 2 aromatic rings. The molecule has 0 spiro atoms. The first kappa shape index (κ1) is 16.9. The van der Waals surface area contributed by atoms with E-state index >= 15 is 0 Å². The smallest absolute Gasteiger partial charge is 0.0788 e. The molecule has 0 saturated heterocycles. The lowest BCUT2D eigenvalue weighted by Gasteiger charge is -2.27. The van der Waals surface area contributed by atoms with Gasteiger partial charge in [-0.15, -0.1) is 0 Å². The Balaban J connectivity index is 1.48. The zero-order chi connectivity index (χ0) is 16.6. The predicted molar refractivity (Wildman–Crippen MR) is 98.7 cm³/mol. The average Bonchev–Trinajstić information content (AvgIpc) is 2.67. The lowest BCUT2D eigenvalue weighted by Crippen LogP contribution is -2.25. The van der Waals surface area contributed by atoms with Crippen molar-refractivity contribution >= 4 is 5.57 Å². The summed E-state index contributed by atoms with van der Waals surface area (Å²) in [6, 6.07) is 21.0. The van der Waals surface area contributed by atoms with E-state index < -0.39 is 0 Å². The van der Waals surface area contributed by atoms with Gasteiger partial charge in [0.1, 0.15) is 0 Å². The summed E-state index contributed by atoms with van der Waals surface area (Å²) in [7, 11) is 0. The SMILES string of the molecule is CC(CCOCc1ccccc1)C1C=C(c2ccccc2)CCO1. The van der Waals surface area contributed by atoms with E-state index in [-0.39, 0.29) is 6.10 Å². The molecule has 3 rings (SSSR count). The number of hydrogen-bond donors (Lipinski definition) is 0. The van der Waals surface area contributed by atoms with Gasteiger partial charge >= 0.3 is 0 Å². The fraction of sp³-hybridized carbons (Fsp3) is 0.364. The van der Waals surface area contributed by atoms with Gasteiger partial charge in [0, 0.05) is 6.61 Å². The van der Waals surface area contributed by atoms with Gasteiger partial charge < -0.3 is 9.47 Å². The van der Waals surface area contributed by atoms with Crippen LogP contribution in [0.15, 0.2) is 66.7 Å². The highest BCUT2D eigenvalue weighted by atomic mass is 16.5. The maximum absolute atomic E-state index is 5.97. The monoisotopic (exact) mass is 322 g/mol. The molecule has 0 radical (unpaired) electrons. The van der Waals surface area contributed by atoms with Crippen LogP contribution in [0.2, 0.25) is 0 Å². The van der Waals surface area contributed by atoms with E-state index in [1.165, 1.54) is 16.7 Å². The van der Waals surface area contributed by atoms with E-state index in [4.69, 9.17) is 9.47 Å². The van der Waals surface area contributed by atoms with E-state index in [0.717, 1.165) is 26.1 Å². The molecule has 1 aliphatic heterocycles. The molecule has 0 N–H and O–H groups in total. The molecule has 0 aromatic heterocycles. The normalized spacial score (nSPS) is 18.9. The van der Waals surface area contributed by atoms with Crippen molar-refractivity contribution in [1.29, 1.82) is 0 Å². The minimum Gasteiger partial charge on any atom is -0.377 e. The van der Waals surface area contributed by atoms with Crippen molar-refractivity contribution < 1.29 is 9.47 Å². The van der Waals surface area contributed by atoms with Gasteiger partial charge in [0.15, 0.2) is 0 Å². The fourth-order valence-electron chi connectivity index (χ4n) is 3.05. The molecule has 2 heteroatoms. The molecule has 24 heavy (non-hydrogen) atoms. The van der Waals surface area contributed by atoms with Gasteiger partial charge in [-0.1, -0.05) is 73.7 Å². The van der Waals surface area contributed by atoms with Crippen LogP contribution in [-0.2, 0) is 16.1 Å². The van der Waals surface area contributed by atoms with E-state index in [1.54, 1.807) is 0 Å². The van der Waals surface area contributed by atoms with Crippen molar-refractivity contribution in [3.63, 3.8) is 0 Å². The van der Waals surface area contributed by atoms with Gasteiger partial charge in [-0.2, -0.15) is 0 Å². The quantitative estimate of drug-likeness (QED) is 0.660. The zero-order valence-electron chi connectivity index (χ0n) is 14.4. The van der Waals surface area contributed by atoms with E-state index in [0.29, 0.717) is 12.5 Å². The minimum absolute atomic E-state index is 0.189. The second kappa shape index (κ2) is 8.81. The Kier molecular flexibility index (Phi) is 6.22. The third-order valence-electron chi connectivity index (χ3n) is 4.58. The standard InChI is InChI=1S/C22H26O2/c1-18(12-14-23-17-19-8-4-2-5-9-19)22-16-21(13-15-24-22)20-10-6-3-7-11-20/h2-11,16,18,22H,12-15,17H2,1H3. The molecular formula is C22H26O2. The highest BCUT2D eigenvalue weighted by Gasteiger charge is 2.20. The number of ether oxygens (including phenoxy) is 2. The number of hydrogen-bond acceptors (Lipinski definition) is 2. The highest BCUT2D eigenvalue weighted by molar-refractivity contribution is 5.66. The Labute approximate surface area is 145 Å². The first-order valence-electron chi connectivity index (χ1n) is 8.82. The molecule has 1 aliphatic rings. The molecule has 0 aliphatic carbocycles. The van der Waals surface area contributed by atoms with Gasteiger partial charge in [-0.25, -0.2) is 0 Å². The molecule has 2 nitrogen and oxygen atoms in total. The average molecular weight is 322 g/mol. The van der Waals surface area contributed by atoms with Crippen molar-refractivity contribution in [1.82, 2.24) is 0 Å². The summed E-state index contributed by atoms with van der Waals surface area (Å²) in [5.41, 5.74) is 3.95. The largest absolute Gasteiger partial charge is 0.377 e. The van der Waals surface area contributed by atoms with Crippen molar-refractivity contribution in [3.8, 4) is 0 Å². The summed E-state index contributed by atoms with van der Waals surface area (Å²) in [6.07, 6.45) is 4.50. The second-order valence-corrected chi connectivity index (χ2v) is 6.45. The van der Waals surface area contributed by atoms with Crippen LogP contribution in [0, 0.1) is 5.92 Å². The van der Waals surface area contributed by atoms with Gasteiger partial charge in [0.05, 0.1) is 19.3 Å². The Hall–Kier alpha value is -1.90. The van der Waals surface area contributed by atoms with Gasteiger partial charge in [-0.3, -0.25) is 0 Å². The van der Waals surface area contributed by atoms with Crippen LogP contribution in [0.25, 0.3) is 5.57 Å². The number of benzene rings is 2. The maximum Gasteiger partial charge on any atom is 0.0788 e. The van der Waals surface area contributed by atoms with Crippen LogP contribution in [0.5, 0.6) is 0 Å². The fourth-order valence-corrected chi connectivity index (χ4v) is 3.05. The Bertz CT molecular complexity index is 634. The van der Waals surface area contributed by atoms with Crippen molar-refractivity contribution in [2.75, 3.05) is 13.2 Å². The van der Waals surface area contributed by atoms with Crippen molar-refractivity contribution in [2.45, 2.75) is 32.5 Å². The van der Waals surface area contributed by atoms with E-state index in [2.05, 4.69) is 55.5 Å². The summed E-state index contributed by atoms with van der Waals surface area (Å²) >= 11 is 0. The van der Waals surface area contributed by atoms with Gasteiger partial charge in [0.2, 0.25) is 0 Å². The Morgan fingerprint density at radius 1 is 1.04 bits per heavy atom. The van der Waals surface area contributed by atoms with Crippen molar-refractivity contribution in [2.24, 2.45) is 5.92 Å². The molecule has 2 unspecified atom stereocenters. The van der Waals surface area contributed by atoms with Crippen LogP contribution in [0.4, 0.5) is 0 Å². The third-order valence-corrected chi connectivity index (χ3v) is 4.58. The first-order valence-corrected chi connectivity index (χ1v) is 8.82. The molecule has 0 saturated carbocycles. The van der Waals surface area contributed by atoms with Crippen molar-refractivity contribution in [3.05, 3.63) is 77.9 Å². The summed E-state index contributed by atoms with van der Waals surface area (Å²) in [5, 5.41) is 0. The van der Waals surface area contributed by atoms with Crippen LogP contribution >= 0.6 is 0 Å².